The van der Waals surface area contributed by atoms with E-state index in [1.54, 1.807) is 42.5 Å². The van der Waals surface area contributed by atoms with Gasteiger partial charge in [-0.25, -0.2) is 0 Å². The zero-order valence-corrected chi connectivity index (χ0v) is 21.5. The molecule has 0 aliphatic heterocycles. The summed E-state index contributed by atoms with van der Waals surface area (Å²) < 4.78 is 45.0. The average Bonchev–Trinajstić information content (AvgIpc) is 2.96. The number of hydrogen-bond acceptors (Lipinski definition) is 4. The summed E-state index contributed by atoms with van der Waals surface area (Å²) in [6, 6.07) is 27.2. The molecule has 0 saturated heterocycles. The van der Waals surface area contributed by atoms with Gasteiger partial charge in [-0.3, -0.25) is 14.4 Å². The summed E-state index contributed by atoms with van der Waals surface area (Å²) in [5.41, 5.74) is 1.17. The Morgan fingerprint density at radius 1 is 0.800 bits per heavy atom. The fourth-order valence-corrected chi connectivity index (χ4v) is 4.03. The molecule has 0 aliphatic rings. The standard InChI is InChI=1S/C30H22ClF3N2O4/c31-25-16-15-23(17-24(25)30(32,33)34)36-29(39)27(21-9-5-2-6-10-21)40-26(37)18-35-28(38)22-13-11-20(12-14-22)19-7-3-1-4-8-19/h1-17,27H,18H2,(H,35,38)(H,36,39). The topological polar surface area (TPSA) is 84.5 Å². The summed E-state index contributed by atoms with van der Waals surface area (Å²) in [7, 11) is 0. The highest BCUT2D eigenvalue weighted by Crippen LogP contribution is 2.36. The van der Waals surface area contributed by atoms with Gasteiger partial charge in [-0.1, -0.05) is 84.4 Å². The normalized spacial score (nSPS) is 11.8. The van der Waals surface area contributed by atoms with Crippen molar-refractivity contribution in [1.82, 2.24) is 5.32 Å². The number of esters is 1. The van der Waals surface area contributed by atoms with Gasteiger partial charge in [0.2, 0.25) is 6.10 Å². The number of benzene rings is 4. The molecule has 0 spiro atoms. The first-order valence-corrected chi connectivity index (χ1v) is 12.4. The molecule has 4 aromatic rings. The van der Waals surface area contributed by atoms with Gasteiger partial charge in [0.1, 0.15) is 6.54 Å². The molecule has 204 valence electrons. The Kier molecular flexibility index (Phi) is 8.86. The summed E-state index contributed by atoms with van der Waals surface area (Å²) in [6.45, 7) is -0.547. The zero-order valence-electron chi connectivity index (χ0n) is 20.7. The van der Waals surface area contributed by atoms with Crippen LogP contribution in [0.15, 0.2) is 103 Å². The molecule has 0 aliphatic carbocycles. The van der Waals surface area contributed by atoms with E-state index in [0.29, 0.717) is 11.6 Å². The molecule has 0 bridgehead atoms. The van der Waals surface area contributed by atoms with Gasteiger partial charge in [0.05, 0.1) is 10.6 Å². The summed E-state index contributed by atoms with van der Waals surface area (Å²) in [5.74, 6) is -2.35. The Morgan fingerprint density at radius 3 is 2.02 bits per heavy atom. The maximum atomic E-state index is 13.2. The van der Waals surface area contributed by atoms with Gasteiger partial charge in [-0.15, -0.1) is 0 Å². The molecule has 2 N–H and O–H groups in total. The number of halogens is 4. The smallest absolute Gasteiger partial charge is 0.417 e. The van der Waals surface area contributed by atoms with Crippen molar-refractivity contribution < 1.29 is 32.3 Å². The lowest BCUT2D eigenvalue weighted by Crippen LogP contribution is -2.33. The number of nitrogens with one attached hydrogen (secondary N) is 2. The van der Waals surface area contributed by atoms with Gasteiger partial charge in [0, 0.05) is 16.8 Å². The second-order valence-corrected chi connectivity index (χ2v) is 9.00. The van der Waals surface area contributed by atoms with E-state index in [2.05, 4.69) is 10.6 Å². The van der Waals surface area contributed by atoms with Crippen molar-refractivity contribution in [3.05, 3.63) is 125 Å². The van der Waals surface area contributed by atoms with Crippen molar-refractivity contribution in [3.63, 3.8) is 0 Å². The van der Waals surface area contributed by atoms with E-state index >= 15 is 0 Å². The van der Waals surface area contributed by atoms with Crippen LogP contribution in [0.1, 0.15) is 27.6 Å². The number of rotatable bonds is 8. The fraction of sp³-hybridized carbons (Fsp3) is 0.100. The molecule has 0 aromatic heterocycles. The Morgan fingerprint density at radius 2 is 1.40 bits per heavy atom. The molecule has 4 aromatic carbocycles. The first-order chi connectivity index (χ1) is 19.1. The van der Waals surface area contributed by atoms with Crippen LogP contribution in [-0.4, -0.2) is 24.3 Å². The number of anilines is 1. The highest BCUT2D eigenvalue weighted by molar-refractivity contribution is 6.31. The molecule has 0 fully saturated rings. The van der Waals surface area contributed by atoms with E-state index in [-0.39, 0.29) is 11.3 Å². The molecule has 0 radical (unpaired) electrons. The van der Waals surface area contributed by atoms with Gasteiger partial charge < -0.3 is 15.4 Å². The van der Waals surface area contributed by atoms with Crippen molar-refractivity contribution in [1.29, 1.82) is 0 Å². The quantitative estimate of drug-likeness (QED) is 0.233. The third-order valence-electron chi connectivity index (χ3n) is 5.78. The van der Waals surface area contributed by atoms with Crippen molar-refractivity contribution in [2.45, 2.75) is 12.3 Å². The van der Waals surface area contributed by atoms with E-state index in [1.807, 2.05) is 30.3 Å². The molecular weight excluding hydrogens is 545 g/mol. The maximum Gasteiger partial charge on any atom is 0.417 e. The lowest BCUT2D eigenvalue weighted by atomic mass is 10.0. The molecule has 6 nitrogen and oxygen atoms in total. The van der Waals surface area contributed by atoms with Crippen LogP contribution in [0.25, 0.3) is 11.1 Å². The number of carbonyl (C=O) groups is 3. The number of alkyl halides is 3. The molecule has 1 unspecified atom stereocenters. The van der Waals surface area contributed by atoms with Gasteiger partial charge in [-0.2, -0.15) is 13.2 Å². The van der Waals surface area contributed by atoms with Crippen LogP contribution >= 0.6 is 11.6 Å². The summed E-state index contributed by atoms with van der Waals surface area (Å²) >= 11 is 5.65. The largest absolute Gasteiger partial charge is 0.446 e. The SMILES string of the molecule is O=C(CNC(=O)c1ccc(-c2ccccc2)cc1)OC(C(=O)Nc1ccc(Cl)c(C(F)(F)F)c1)c1ccccc1. The third kappa shape index (κ3) is 7.27. The number of carbonyl (C=O) groups excluding carboxylic acids is 3. The first kappa shape index (κ1) is 28.4. The summed E-state index contributed by atoms with van der Waals surface area (Å²) in [5, 5.41) is 4.26. The molecule has 4 rings (SSSR count). The summed E-state index contributed by atoms with van der Waals surface area (Å²) in [4.78, 5) is 38.2. The molecule has 40 heavy (non-hydrogen) atoms. The van der Waals surface area contributed by atoms with E-state index in [4.69, 9.17) is 16.3 Å². The second-order valence-electron chi connectivity index (χ2n) is 8.59. The van der Waals surface area contributed by atoms with Crippen LogP contribution in [-0.2, 0) is 20.5 Å². The maximum absolute atomic E-state index is 13.2. The Bertz CT molecular complexity index is 1500. The zero-order chi connectivity index (χ0) is 28.7. The van der Waals surface area contributed by atoms with Crippen LogP contribution in [0.2, 0.25) is 5.02 Å². The monoisotopic (exact) mass is 566 g/mol. The molecule has 0 heterocycles. The number of amides is 2. The van der Waals surface area contributed by atoms with Crippen LogP contribution < -0.4 is 10.6 Å². The molecular formula is C30H22ClF3N2O4. The summed E-state index contributed by atoms with van der Waals surface area (Å²) in [6.07, 6.45) is -6.23. The fourth-order valence-electron chi connectivity index (χ4n) is 3.80. The average molecular weight is 567 g/mol. The second kappa shape index (κ2) is 12.5. The van der Waals surface area contributed by atoms with Crippen molar-refractivity contribution in [3.8, 4) is 11.1 Å². The van der Waals surface area contributed by atoms with Crippen molar-refractivity contribution in [2.75, 3.05) is 11.9 Å². The Labute approximate surface area is 232 Å². The van der Waals surface area contributed by atoms with Crippen molar-refractivity contribution >= 4 is 35.1 Å². The molecule has 1 atom stereocenters. The first-order valence-electron chi connectivity index (χ1n) is 12.0. The minimum absolute atomic E-state index is 0.189. The Balaban J connectivity index is 1.42. The van der Waals surface area contributed by atoms with Crippen LogP contribution in [0.5, 0.6) is 0 Å². The van der Waals surface area contributed by atoms with Crippen LogP contribution in [0.3, 0.4) is 0 Å². The van der Waals surface area contributed by atoms with Gasteiger partial charge in [-0.05, 0) is 41.5 Å². The van der Waals surface area contributed by atoms with Gasteiger partial charge in [0.25, 0.3) is 11.8 Å². The van der Waals surface area contributed by atoms with Crippen molar-refractivity contribution in [2.24, 2.45) is 0 Å². The van der Waals surface area contributed by atoms with E-state index in [1.165, 1.54) is 18.2 Å². The minimum Gasteiger partial charge on any atom is -0.446 e. The lowest BCUT2D eigenvalue weighted by molar-refractivity contribution is -0.153. The number of ether oxygens (including phenoxy) is 1. The predicted octanol–water partition coefficient (Wildman–Crippen LogP) is 6.68. The molecule has 10 heteroatoms. The van der Waals surface area contributed by atoms with E-state index < -0.39 is 47.2 Å². The van der Waals surface area contributed by atoms with Crippen LogP contribution in [0.4, 0.5) is 18.9 Å². The van der Waals surface area contributed by atoms with E-state index in [0.717, 1.165) is 17.2 Å². The van der Waals surface area contributed by atoms with Crippen LogP contribution in [0, 0.1) is 0 Å². The predicted molar refractivity (Wildman–Crippen MR) is 145 cm³/mol. The Hall–Kier alpha value is -4.63. The molecule has 2 amide bonds. The number of hydrogen-bond donors (Lipinski definition) is 2. The van der Waals surface area contributed by atoms with Gasteiger partial charge >= 0.3 is 12.1 Å². The van der Waals surface area contributed by atoms with Gasteiger partial charge in [0.15, 0.2) is 0 Å². The molecule has 0 saturated carbocycles. The highest BCUT2D eigenvalue weighted by atomic mass is 35.5. The van der Waals surface area contributed by atoms with E-state index in [9.17, 15) is 27.6 Å². The highest BCUT2D eigenvalue weighted by Gasteiger charge is 2.34. The minimum atomic E-state index is -4.73. The third-order valence-corrected chi connectivity index (χ3v) is 6.11. The lowest BCUT2D eigenvalue weighted by Gasteiger charge is -2.19.